The molecule has 1 N–H and O–H groups in total. The largest absolute Gasteiger partial charge is 0.354 e. The molecule has 0 aliphatic rings. The van der Waals surface area contributed by atoms with E-state index in [0.29, 0.717) is 13.1 Å². The van der Waals surface area contributed by atoms with Gasteiger partial charge in [-0.1, -0.05) is 60.7 Å². The molecule has 0 radical (unpaired) electrons. The van der Waals surface area contributed by atoms with E-state index in [-0.39, 0.29) is 30.0 Å². The summed E-state index contributed by atoms with van der Waals surface area (Å²) in [4.78, 5) is 35.2. The molecule has 0 bridgehead atoms. The van der Waals surface area contributed by atoms with Crippen molar-refractivity contribution in [2.45, 2.75) is 38.8 Å². The second-order valence-electron chi connectivity index (χ2n) is 7.55. The van der Waals surface area contributed by atoms with Gasteiger partial charge in [0.2, 0.25) is 5.91 Å². The van der Waals surface area contributed by atoms with Gasteiger partial charge in [0.15, 0.2) is 0 Å². The van der Waals surface area contributed by atoms with Crippen LogP contribution in [0.3, 0.4) is 0 Å². The fraction of sp³-hybridized carbons (Fsp3) is 0.280. The van der Waals surface area contributed by atoms with Crippen molar-refractivity contribution in [1.29, 1.82) is 0 Å². The Morgan fingerprint density at radius 2 is 1.65 bits per heavy atom. The maximum absolute atomic E-state index is 12.9. The fourth-order valence-corrected chi connectivity index (χ4v) is 3.31. The topological polar surface area (TPSA) is 75.2 Å². The van der Waals surface area contributed by atoms with E-state index in [0.717, 1.165) is 18.4 Å². The van der Waals surface area contributed by atoms with Gasteiger partial charge in [0, 0.05) is 37.9 Å². The second kappa shape index (κ2) is 11.6. The van der Waals surface area contributed by atoms with Crippen LogP contribution in [0.4, 0.5) is 0 Å². The Morgan fingerprint density at radius 3 is 2.29 bits per heavy atom. The van der Waals surface area contributed by atoms with Gasteiger partial charge < -0.3 is 10.2 Å². The Bertz CT molecular complexity index is 949. The molecule has 1 aromatic heterocycles. The molecule has 6 nitrogen and oxygen atoms in total. The van der Waals surface area contributed by atoms with Gasteiger partial charge in [-0.2, -0.15) is 0 Å². The summed E-state index contributed by atoms with van der Waals surface area (Å²) in [7, 11) is 0. The minimum absolute atomic E-state index is 0.0611. The van der Waals surface area contributed by atoms with Crippen LogP contribution in [-0.4, -0.2) is 39.3 Å². The first-order chi connectivity index (χ1) is 15.1. The lowest BCUT2D eigenvalue weighted by molar-refractivity contribution is -0.121. The number of carbonyl (C=O) groups excluding carboxylic acids is 2. The lowest BCUT2D eigenvalue weighted by Gasteiger charge is -2.23. The summed E-state index contributed by atoms with van der Waals surface area (Å²) in [5.74, 6) is -0.299. The Balaban J connectivity index is 1.54. The Morgan fingerprint density at radius 1 is 0.968 bits per heavy atom. The predicted molar refractivity (Wildman–Crippen MR) is 120 cm³/mol. The van der Waals surface area contributed by atoms with E-state index in [1.165, 1.54) is 24.2 Å². The van der Waals surface area contributed by atoms with E-state index >= 15 is 0 Å². The maximum Gasteiger partial charge on any atom is 0.274 e. The molecular formula is C25H28N4O2. The van der Waals surface area contributed by atoms with E-state index in [2.05, 4.69) is 27.4 Å². The number of aryl methyl sites for hydroxylation is 1. The molecule has 3 rings (SSSR count). The van der Waals surface area contributed by atoms with E-state index in [1.807, 2.05) is 55.5 Å². The van der Waals surface area contributed by atoms with Gasteiger partial charge in [-0.3, -0.25) is 14.6 Å². The number of hydrogen-bond acceptors (Lipinski definition) is 4. The molecule has 3 aromatic rings. The van der Waals surface area contributed by atoms with Crippen molar-refractivity contribution in [3.8, 4) is 0 Å². The minimum Gasteiger partial charge on any atom is -0.354 e. The van der Waals surface area contributed by atoms with Crippen molar-refractivity contribution in [3.63, 3.8) is 0 Å². The Labute approximate surface area is 183 Å². The molecule has 160 valence electrons. The summed E-state index contributed by atoms with van der Waals surface area (Å²) < 4.78 is 0. The molecule has 1 atom stereocenters. The number of rotatable bonds is 10. The lowest BCUT2D eigenvalue weighted by Crippen LogP contribution is -2.38. The quantitative estimate of drug-likeness (QED) is 0.547. The van der Waals surface area contributed by atoms with Crippen molar-refractivity contribution in [2.75, 3.05) is 6.54 Å². The fourth-order valence-electron chi connectivity index (χ4n) is 3.31. The number of carbonyl (C=O) groups is 2. The van der Waals surface area contributed by atoms with Gasteiger partial charge in [-0.15, -0.1) is 0 Å². The molecule has 2 aromatic carbocycles. The highest BCUT2D eigenvalue weighted by Crippen LogP contribution is 2.10. The van der Waals surface area contributed by atoms with Crippen molar-refractivity contribution >= 4 is 11.8 Å². The molecule has 0 spiro atoms. The molecule has 31 heavy (non-hydrogen) atoms. The third-order valence-corrected chi connectivity index (χ3v) is 5.01. The van der Waals surface area contributed by atoms with Gasteiger partial charge in [-0.25, -0.2) is 4.98 Å². The standard InChI is InChI=1S/C25H28N4O2/c1-20(12-13-21-8-4-2-5-9-21)28-24(30)14-17-29(19-22-10-6-3-7-11-22)25(31)23-18-26-15-16-27-23/h2-11,15-16,18,20H,12-14,17,19H2,1H3,(H,28,30)/t20-/m0/s1. The number of benzene rings is 2. The zero-order valence-electron chi connectivity index (χ0n) is 17.8. The lowest BCUT2D eigenvalue weighted by atomic mass is 10.1. The molecule has 0 aliphatic carbocycles. The average Bonchev–Trinajstić information content (AvgIpc) is 2.82. The van der Waals surface area contributed by atoms with Crippen molar-refractivity contribution in [2.24, 2.45) is 0 Å². The summed E-state index contributed by atoms with van der Waals surface area (Å²) >= 11 is 0. The number of aromatic nitrogens is 2. The van der Waals surface area contributed by atoms with Gasteiger partial charge in [0.1, 0.15) is 5.69 Å². The molecule has 6 heteroatoms. The molecule has 2 amide bonds. The number of hydrogen-bond donors (Lipinski definition) is 1. The highest BCUT2D eigenvalue weighted by atomic mass is 16.2. The highest BCUT2D eigenvalue weighted by Gasteiger charge is 2.19. The summed E-state index contributed by atoms with van der Waals surface area (Å²) in [6.45, 7) is 2.72. The maximum atomic E-state index is 12.9. The molecular weight excluding hydrogens is 388 g/mol. The third kappa shape index (κ3) is 7.33. The first-order valence-corrected chi connectivity index (χ1v) is 10.5. The molecule has 0 fully saturated rings. The van der Waals surface area contributed by atoms with E-state index in [4.69, 9.17) is 0 Å². The van der Waals surface area contributed by atoms with Crippen LogP contribution in [0, 0.1) is 0 Å². The van der Waals surface area contributed by atoms with E-state index in [1.54, 1.807) is 4.90 Å². The van der Waals surface area contributed by atoms with Gasteiger partial charge in [0.25, 0.3) is 5.91 Å². The Kier molecular flexibility index (Phi) is 8.29. The van der Waals surface area contributed by atoms with Crippen LogP contribution in [0.25, 0.3) is 0 Å². The Hall–Kier alpha value is -3.54. The minimum atomic E-state index is -0.234. The van der Waals surface area contributed by atoms with Crippen molar-refractivity contribution < 1.29 is 9.59 Å². The van der Waals surface area contributed by atoms with Crippen LogP contribution in [0.5, 0.6) is 0 Å². The average molecular weight is 417 g/mol. The zero-order chi connectivity index (χ0) is 21.9. The highest BCUT2D eigenvalue weighted by molar-refractivity contribution is 5.92. The number of amides is 2. The van der Waals surface area contributed by atoms with Crippen LogP contribution in [0.1, 0.15) is 41.4 Å². The van der Waals surface area contributed by atoms with Crippen LogP contribution in [0.15, 0.2) is 79.3 Å². The van der Waals surface area contributed by atoms with E-state index in [9.17, 15) is 9.59 Å². The zero-order valence-corrected chi connectivity index (χ0v) is 17.8. The molecule has 0 aliphatic heterocycles. The second-order valence-corrected chi connectivity index (χ2v) is 7.55. The van der Waals surface area contributed by atoms with Crippen LogP contribution >= 0.6 is 0 Å². The third-order valence-electron chi connectivity index (χ3n) is 5.01. The van der Waals surface area contributed by atoms with Gasteiger partial charge >= 0.3 is 0 Å². The molecule has 0 saturated carbocycles. The van der Waals surface area contributed by atoms with Gasteiger partial charge in [0.05, 0.1) is 6.20 Å². The summed E-state index contributed by atoms with van der Waals surface area (Å²) in [5.41, 5.74) is 2.53. The molecule has 0 saturated heterocycles. The van der Waals surface area contributed by atoms with Crippen molar-refractivity contribution in [3.05, 3.63) is 96.1 Å². The number of nitrogens with zero attached hydrogens (tertiary/aromatic N) is 3. The smallest absolute Gasteiger partial charge is 0.274 e. The summed E-state index contributed by atoms with van der Waals surface area (Å²) in [5, 5.41) is 3.04. The van der Waals surface area contributed by atoms with Gasteiger partial charge in [-0.05, 0) is 30.9 Å². The normalized spacial score (nSPS) is 11.5. The summed E-state index contributed by atoms with van der Waals surface area (Å²) in [6, 6.07) is 20.0. The SMILES string of the molecule is C[C@@H](CCc1ccccc1)NC(=O)CCN(Cc1ccccc1)C(=O)c1cnccn1. The van der Waals surface area contributed by atoms with Crippen molar-refractivity contribution in [1.82, 2.24) is 20.2 Å². The first kappa shape index (κ1) is 22.2. The predicted octanol–water partition coefficient (Wildman–Crippen LogP) is 3.65. The van der Waals surface area contributed by atoms with Crippen LogP contribution < -0.4 is 5.32 Å². The summed E-state index contributed by atoms with van der Waals surface area (Å²) in [6.07, 6.45) is 6.48. The number of nitrogens with one attached hydrogen (secondary N) is 1. The van der Waals surface area contributed by atoms with Crippen LogP contribution in [0.2, 0.25) is 0 Å². The monoisotopic (exact) mass is 416 g/mol. The first-order valence-electron chi connectivity index (χ1n) is 10.5. The molecule has 0 unspecified atom stereocenters. The molecule has 1 heterocycles. The van der Waals surface area contributed by atoms with Crippen LogP contribution in [-0.2, 0) is 17.8 Å². The van der Waals surface area contributed by atoms with E-state index < -0.39 is 0 Å².